The fraction of sp³-hybridized carbons (Fsp3) is 0.889. The molecule has 0 bridgehead atoms. The SMILES string of the molecule is CCN(CCC#N)C(C)(C)C. The van der Waals surface area contributed by atoms with E-state index in [1.807, 2.05) is 0 Å². The molecular weight excluding hydrogens is 136 g/mol. The fourth-order valence-corrected chi connectivity index (χ4v) is 1.15. The van der Waals surface area contributed by atoms with Crippen molar-refractivity contribution in [2.75, 3.05) is 13.1 Å². The summed E-state index contributed by atoms with van der Waals surface area (Å²) in [7, 11) is 0. The molecule has 0 saturated heterocycles. The van der Waals surface area contributed by atoms with E-state index in [1.54, 1.807) is 0 Å². The zero-order valence-corrected chi connectivity index (χ0v) is 8.02. The van der Waals surface area contributed by atoms with Gasteiger partial charge in [0.1, 0.15) is 0 Å². The van der Waals surface area contributed by atoms with Gasteiger partial charge in [-0.1, -0.05) is 6.92 Å². The van der Waals surface area contributed by atoms with Gasteiger partial charge in [-0.2, -0.15) is 5.26 Å². The highest BCUT2D eigenvalue weighted by molar-refractivity contribution is 4.79. The van der Waals surface area contributed by atoms with Crippen LogP contribution in [0.15, 0.2) is 0 Å². The molecule has 0 spiro atoms. The van der Waals surface area contributed by atoms with Gasteiger partial charge in [-0.25, -0.2) is 0 Å². The second-order valence-electron chi connectivity index (χ2n) is 3.66. The Hall–Kier alpha value is -0.550. The average Bonchev–Trinajstić information content (AvgIpc) is 1.87. The Morgan fingerprint density at radius 3 is 2.18 bits per heavy atom. The molecule has 0 aromatic rings. The second-order valence-corrected chi connectivity index (χ2v) is 3.66. The minimum absolute atomic E-state index is 0.200. The second kappa shape index (κ2) is 4.35. The minimum atomic E-state index is 0.200. The molecule has 0 saturated carbocycles. The van der Waals surface area contributed by atoms with Gasteiger partial charge in [0.25, 0.3) is 0 Å². The largest absolute Gasteiger partial charge is 0.298 e. The third-order valence-corrected chi connectivity index (χ3v) is 1.82. The summed E-state index contributed by atoms with van der Waals surface area (Å²) in [4.78, 5) is 2.30. The standard InChI is InChI=1S/C9H18N2/c1-5-11(8-6-7-10)9(2,3)4/h5-6,8H2,1-4H3. The third-order valence-electron chi connectivity index (χ3n) is 1.82. The van der Waals surface area contributed by atoms with Gasteiger partial charge in [-0.3, -0.25) is 4.90 Å². The summed E-state index contributed by atoms with van der Waals surface area (Å²) < 4.78 is 0. The van der Waals surface area contributed by atoms with E-state index >= 15 is 0 Å². The van der Waals surface area contributed by atoms with Crippen LogP contribution in [0.25, 0.3) is 0 Å². The fourth-order valence-electron chi connectivity index (χ4n) is 1.15. The smallest absolute Gasteiger partial charge is 0.0635 e. The molecule has 0 amide bonds. The molecule has 0 aliphatic carbocycles. The van der Waals surface area contributed by atoms with Gasteiger partial charge in [0.15, 0.2) is 0 Å². The summed E-state index contributed by atoms with van der Waals surface area (Å²) in [5, 5.41) is 8.40. The first kappa shape index (κ1) is 10.4. The lowest BCUT2D eigenvalue weighted by Gasteiger charge is -2.33. The number of hydrogen-bond acceptors (Lipinski definition) is 2. The van der Waals surface area contributed by atoms with Crippen LogP contribution in [0.5, 0.6) is 0 Å². The van der Waals surface area contributed by atoms with Crippen molar-refractivity contribution in [3.05, 3.63) is 0 Å². The Bertz CT molecular complexity index is 139. The molecule has 2 heteroatoms. The lowest BCUT2D eigenvalue weighted by molar-refractivity contribution is 0.148. The Morgan fingerprint density at radius 1 is 1.36 bits per heavy atom. The van der Waals surface area contributed by atoms with E-state index in [4.69, 9.17) is 5.26 Å². The first-order chi connectivity index (χ1) is 5.02. The molecule has 64 valence electrons. The van der Waals surface area contributed by atoms with Crippen LogP contribution in [-0.4, -0.2) is 23.5 Å². The maximum absolute atomic E-state index is 8.40. The lowest BCUT2D eigenvalue weighted by atomic mass is 10.1. The highest BCUT2D eigenvalue weighted by Gasteiger charge is 2.18. The topological polar surface area (TPSA) is 27.0 Å². The molecular formula is C9H18N2. The molecule has 0 rings (SSSR count). The summed E-state index contributed by atoms with van der Waals surface area (Å²) in [6.45, 7) is 10.6. The number of rotatable bonds is 3. The average molecular weight is 154 g/mol. The van der Waals surface area contributed by atoms with Crippen molar-refractivity contribution in [1.82, 2.24) is 4.90 Å². The van der Waals surface area contributed by atoms with Crippen LogP contribution in [0.3, 0.4) is 0 Å². The van der Waals surface area contributed by atoms with E-state index < -0.39 is 0 Å². The molecule has 0 radical (unpaired) electrons. The number of nitrogens with zero attached hydrogens (tertiary/aromatic N) is 2. The zero-order chi connectivity index (χ0) is 8.91. The first-order valence-electron chi connectivity index (χ1n) is 4.14. The maximum atomic E-state index is 8.40. The lowest BCUT2D eigenvalue weighted by Crippen LogP contribution is -2.41. The molecule has 0 atom stereocenters. The molecule has 2 nitrogen and oxygen atoms in total. The Balaban J connectivity index is 3.88. The van der Waals surface area contributed by atoms with Crippen molar-refractivity contribution in [2.45, 2.75) is 39.7 Å². The summed E-state index contributed by atoms with van der Waals surface area (Å²) in [5.74, 6) is 0. The molecule has 0 heterocycles. The maximum Gasteiger partial charge on any atom is 0.0635 e. The van der Waals surface area contributed by atoms with E-state index in [9.17, 15) is 0 Å². The summed E-state index contributed by atoms with van der Waals surface area (Å²) in [6, 6.07) is 2.16. The Kier molecular flexibility index (Phi) is 4.14. The van der Waals surface area contributed by atoms with Crippen molar-refractivity contribution in [3.8, 4) is 6.07 Å². The van der Waals surface area contributed by atoms with E-state index in [1.165, 1.54) is 0 Å². The first-order valence-corrected chi connectivity index (χ1v) is 4.14. The molecule has 0 aliphatic heterocycles. The van der Waals surface area contributed by atoms with Crippen LogP contribution < -0.4 is 0 Å². The summed E-state index contributed by atoms with van der Waals surface area (Å²) in [5.41, 5.74) is 0.200. The van der Waals surface area contributed by atoms with Crippen LogP contribution in [0.4, 0.5) is 0 Å². The van der Waals surface area contributed by atoms with Gasteiger partial charge in [0.2, 0.25) is 0 Å². The molecule has 0 N–H and O–H groups in total. The molecule has 0 aromatic heterocycles. The van der Waals surface area contributed by atoms with Gasteiger partial charge >= 0.3 is 0 Å². The summed E-state index contributed by atoms with van der Waals surface area (Å²) in [6.07, 6.45) is 0.630. The van der Waals surface area contributed by atoms with Gasteiger partial charge in [-0.15, -0.1) is 0 Å². The van der Waals surface area contributed by atoms with E-state index in [2.05, 4.69) is 38.7 Å². The van der Waals surface area contributed by atoms with E-state index in [0.29, 0.717) is 6.42 Å². The van der Waals surface area contributed by atoms with Crippen LogP contribution in [-0.2, 0) is 0 Å². The number of nitriles is 1. The van der Waals surface area contributed by atoms with Crippen LogP contribution >= 0.6 is 0 Å². The zero-order valence-electron chi connectivity index (χ0n) is 8.02. The van der Waals surface area contributed by atoms with Gasteiger partial charge in [-0.05, 0) is 27.3 Å². The van der Waals surface area contributed by atoms with Gasteiger partial charge in [0, 0.05) is 18.5 Å². The normalized spacial score (nSPS) is 11.6. The predicted molar refractivity (Wildman–Crippen MR) is 47.2 cm³/mol. The predicted octanol–water partition coefficient (Wildman–Crippen LogP) is 2.02. The quantitative estimate of drug-likeness (QED) is 0.622. The highest BCUT2D eigenvalue weighted by Crippen LogP contribution is 2.12. The minimum Gasteiger partial charge on any atom is -0.298 e. The summed E-state index contributed by atoms with van der Waals surface area (Å²) >= 11 is 0. The molecule has 11 heavy (non-hydrogen) atoms. The van der Waals surface area contributed by atoms with Crippen molar-refractivity contribution >= 4 is 0 Å². The number of hydrogen-bond donors (Lipinski definition) is 0. The Labute approximate surface area is 69.8 Å². The van der Waals surface area contributed by atoms with E-state index in [-0.39, 0.29) is 5.54 Å². The highest BCUT2D eigenvalue weighted by atomic mass is 15.2. The van der Waals surface area contributed by atoms with Crippen LogP contribution in [0.1, 0.15) is 34.1 Å². The molecule has 0 fully saturated rings. The van der Waals surface area contributed by atoms with Crippen molar-refractivity contribution < 1.29 is 0 Å². The molecule has 0 aromatic carbocycles. The van der Waals surface area contributed by atoms with Crippen molar-refractivity contribution in [1.29, 1.82) is 5.26 Å². The van der Waals surface area contributed by atoms with Gasteiger partial charge < -0.3 is 0 Å². The van der Waals surface area contributed by atoms with Crippen LogP contribution in [0, 0.1) is 11.3 Å². The van der Waals surface area contributed by atoms with Crippen molar-refractivity contribution in [3.63, 3.8) is 0 Å². The van der Waals surface area contributed by atoms with Gasteiger partial charge in [0.05, 0.1) is 6.07 Å². The van der Waals surface area contributed by atoms with E-state index in [0.717, 1.165) is 13.1 Å². The molecule has 0 unspecified atom stereocenters. The third kappa shape index (κ3) is 4.00. The monoisotopic (exact) mass is 154 g/mol. The Morgan fingerprint density at radius 2 is 1.91 bits per heavy atom. The van der Waals surface area contributed by atoms with Crippen LogP contribution in [0.2, 0.25) is 0 Å². The molecule has 0 aliphatic rings. The van der Waals surface area contributed by atoms with Crippen molar-refractivity contribution in [2.24, 2.45) is 0 Å².